The first kappa shape index (κ1) is 10.8. The summed E-state index contributed by atoms with van der Waals surface area (Å²) in [6.45, 7) is 1.57. The van der Waals surface area contributed by atoms with E-state index in [1.165, 1.54) is 24.3 Å². The molecule has 14 heavy (non-hydrogen) atoms. The van der Waals surface area contributed by atoms with Crippen LogP contribution in [-0.4, -0.2) is 15.5 Å². The summed E-state index contributed by atoms with van der Waals surface area (Å²) in [5, 5.41) is 19.2. The molecule has 0 aromatic heterocycles. The molecule has 0 spiro atoms. The number of nitro groups is 1. The third kappa shape index (κ3) is 3.23. The quantitative estimate of drug-likeness (QED) is 0.359. The average Bonchev–Trinajstić information content (AvgIpc) is 2.15. The van der Waals surface area contributed by atoms with E-state index in [0.717, 1.165) is 12.0 Å². The van der Waals surface area contributed by atoms with E-state index in [2.05, 4.69) is 0 Å². The van der Waals surface area contributed by atoms with Gasteiger partial charge >= 0.3 is 0 Å². The lowest BCUT2D eigenvalue weighted by atomic mass is 10.3. The van der Waals surface area contributed by atoms with Gasteiger partial charge in [0, 0.05) is 12.1 Å². The van der Waals surface area contributed by atoms with E-state index in [0.29, 0.717) is 5.75 Å². The molecule has 1 atom stereocenters. The molecule has 1 unspecified atom stereocenters. The van der Waals surface area contributed by atoms with Crippen molar-refractivity contribution in [1.29, 1.82) is 0 Å². The minimum atomic E-state index is -0.634. The maximum Gasteiger partial charge on any atom is 0.269 e. The second-order valence-electron chi connectivity index (χ2n) is 2.53. The largest absolute Gasteiger partial charge is 0.423 e. The molecule has 0 aliphatic heterocycles. The SMILES string of the molecule is CC(O)SOc1ccc([N+](=O)[O-])cc1. The number of hydrogen-bond donors (Lipinski definition) is 1. The van der Waals surface area contributed by atoms with Crippen LogP contribution in [-0.2, 0) is 0 Å². The van der Waals surface area contributed by atoms with Crippen molar-refractivity contribution >= 4 is 17.7 Å². The first-order valence-corrected chi connectivity index (χ1v) is 4.66. The number of non-ortho nitro benzene ring substituents is 1. The van der Waals surface area contributed by atoms with Crippen molar-refractivity contribution in [3.8, 4) is 5.75 Å². The lowest BCUT2D eigenvalue weighted by molar-refractivity contribution is -0.384. The number of aliphatic hydroxyl groups excluding tert-OH is 1. The molecule has 0 fully saturated rings. The summed E-state index contributed by atoms with van der Waals surface area (Å²) < 4.78 is 5.05. The van der Waals surface area contributed by atoms with E-state index in [9.17, 15) is 10.1 Å². The molecule has 1 N–H and O–H groups in total. The van der Waals surface area contributed by atoms with Crippen LogP contribution in [0.2, 0.25) is 0 Å². The normalized spacial score (nSPS) is 12.1. The highest BCUT2D eigenvalue weighted by atomic mass is 32.2. The molecule has 0 aliphatic rings. The van der Waals surface area contributed by atoms with Crippen molar-refractivity contribution in [2.45, 2.75) is 12.4 Å². The summed E-state index contributed by atoms with van der Waals surface area (Å²) in [6.07, 6.45) is 0. The molecule has 0 saturated carbocycles. The Hall–Kier alpha value is -1.27. The Balaban J connectivity index is 2.60. The molecule has 1 rings (SSSR count). The Morgan fingerprint density at radius 1 is 1.50 bits per heavy atom. The van der Waals surface area contributed by atoms with E-state index in [4.69, 9.17) is 9.29 Å². The molecule has 1 aromatic rings. The van der Waals surface area contributed by atoms with Crippen molar-refractivity contribution in [3.05, 3.63) is 34.4 Å². The third-order valence-corrected chi connectivity index (χ3v) is 1.90. The van der Waals surface area contributed by atoms with Crippen molar-refractivity contribution in [3.63, 3.8) is 0 Å². The fourth-order valence-corrected chi connectivity index (χ4v) is 1.11. The zero-order chi connectivity index (χ0) is 10.6. The predicted octanol–water partition coefficient (Wildman–Crippen LogP) is 1.96. The zero-order valence-electron chi connectivity index (χ0n) is 7.41. The van der Waals surface area contributed by atoms with Gasteiger partial charge in [0.1, 0.15) is 11.2 Å². The van der Waals surface area contributed by atoms with Crippen molar-refractivity contribution in [2.24, 2.45) is 0 Å². The van der Waals surface area contributed by atoms with Crippen LogP contribution in [0.4, 0.5) is 5.69 Å². The summed E-state index contributed by atoms with van der Waals surface area (Å²) in [7, 11) is 0. The first-order valence-electron chi connectivity index (χ1n) is 3.85. The van der Waals surface area contributed by atoms with Gasteiger partial charge in [-0.3, -0.25) is 10.1 Å². The molecule has 76 valence electrons. The van der Waals surface area contributed by atoms with Crippen LogP contribution in [0, 0.1) is 10.1 Å². The molecular weight excluding hydrogens is 206 g/mol. The molecule has 0 amide bonds. The van der Waals surface area contributed by atoms with E-state index >= 15 is 0 Å². The predicted molar refractivity (Wildman–Crippen MR) is 53.0 cm³/mol. The number of nitrogens with zero attached hydrogens (tertiary/aromatic N) is 1. The van der Waals surface area contributed by atoms with Crippen LogP contribution < -0.4 is 4.18 Å². The van der Waals surface area contributed by atoms with Gasteiger partial charge < -0.3 is 9.29 Å². The maximum absolute atomic E-state index is 10.3. The molecule has 5 nitrogen and oxygen atoms in total. The van der Waals surface area contributed by atoms with Gasteiger partial charge in [-0.25, -0.2) is 0 Å². The van der Waals surface area contributed by atoms with E-state index in [-0.39, 0.29) is 5.69 Å². The topological polar surface area (TPSA) is 72.6 Å². The minimum Gasteiger partial charge on any atom is -0.423 e. The Bertz CT molecular complexity index is 312. The highest BCUT2D eigenvalue weighted by Crippen LogP contribution is 2.21. The first-order chi connectivity index (χ1) is 6.59. The summed E-state index contributed by atoms with van der Waals surface area (Å²) in [5.41, 5.74) is -0.621. The van der Waals surface area contributed by atoms with Crippen LogP contribution in [0.5, 0.6) is 5.75 Å². The van der Waals surface area contributed by atoms with E-state index in [1.54, 1.807) is 6.92 Å². The molecule has 0 saturated heterocycles. The van der Waals surface area contributed by atoms with Gasteiger partial charge in [-0.1, -0.05) is 0 Å². The summed E-state index contributed by atoms with van der Waals surface area (Å²) >= 11 is 0.884. The number of nitro benzene ring substituents is 1. The zero-order valence-corrected chi connectivity index (χ0v) is 8.23. The Labute approximate surface area is 85.1 Å². The monoisotopic (exact) mass is 215 g/mol. The third-order valence-electron chi connectivity index (χ3n) is 1.33. The van der Waals surface area contributed by atoms with Crippen LogP contribution in [0.3, 0.4) is 0 Å². The molecule has 0 bridgehead atoms. The van der Waals surface area contributed by atoms with Crippen LogP contribution in [0.15, 0.2) is 24.3 Å². The van der Waals surface area contributed by atoms with Gasteiger partial charge in [0.15, 0.2) is 0 Å². The highest BCUT2D eigenvalue weighted by Gasteiger charge is 2.05. The lowest BCUT2D eigenvalue weighted by Gasteiger charge is -2.04. The highest BCUT2D eigenvalue weighted by molar-refractivity contribution is 7.95. The fraction of sp³-hybridized carbons (Fsp3) is 0.250. The van der Waals surface area contributed by atoms with Gasteiger partial charge in [0.05, 0.1) is 17.0 Å². The van der Waals surface area contributed by atoms with Crippen LogP contribution >= 0.6 is 12.0 Å². The number of rotatable bonds is 4. The Kier molecular flexibility index (Phi) is 3.73. The standard InChI is InChI=1S/C8H9NO4S/c1-6(10)14-13-8-4-2-7(3-5-8)9(11)12/h2-6,10H,1H3. The molecule has 1 aromatic carbocycles. The molecular formula is C8H9NO4S. The van der Waals surface area contributed by atoms with E-state index < -0.39 is 10.4 Å². The van der Waals surface area contributed by atoms with Crippen molar-refractivity contribution < 1.29 is 14.2 Å². The molecule has 6 heteroatoms. The molecule has 0 radical (unpaired) electrons. The van der Waals surface area contributed by atoms with Crippen molar-refractivity contribution in [2.75, 3.05) is 0 Å². The maximum atomic E-state index is 10.3. The van der Waals surface area contributed by atoms with Gasteiger partial charge in [0.2, 0.25) is 0 Å². The summed E-state index contributed by atoms with van der Waals surface area (Å²) in [6, 6.07) is 5.65. The second kappa shape index (κ2) is 4.83. The lowest BCUT2D eigenvalue weighted by Crippen LogP contribution is -1.95. The Morgan fingerprint density at radius 3 is 2.50 bits per heavy atom. The minimum absolute atomic E-state index is 0.0133. The number of aliphatic hydroxyl groups is 1. The van der Waals surface area contributed by atoms with Gasteiger partial charge in [-0.05, 0) is 19.1 Å². The Morgan fingerprint density at radius 2 is 2.07 bits per heavy atom. The smallest absolute Gasteiger partial charge is 0.269 e. The second-order valence-corrected chi connectivity index (χ2v) is 3.57. The van der Waals surface area contributed by atoms with Crippen molar-refractivity contribution in [1.82, 2.24) is 0 Å². The number of hydrogen-bond acceptors (Lipinski definition) is 5. The average molecular weight is 215 g/mol. The van der Waals surface area contributed by atoms with Crippen LogP contribution in [0.1, 0.15) is 6.92 Å². The summed E-state index contributed by atoms with van der Waals surface area (Å²) in [4.78, 5) is 9.82. The molecule has 0 aliphatic carbocycles. The fourth-order valence-electron chi connectivity index (χ4n) is 0.749. The van der Waals surface area contributed by atoms with Gasteiger partial charge in [0.25, 0.3) is 5.69 Å². The van der Waals surface area contributed by atoms with Gasteiger partial charge in [-0.15, -0.1) is 0 Å². The number of benzene rings is 1. The van der Waals surface area contributed by atoms with E-state index in [1.807, 2.05) is 0 Å². The van der Waals surface area contributed by atoms with Crippen LogP contribution in [0.25, 0.3) is 0 Å². The summed E-state index contributed by atoms with van der Waals surface area (Å²) in [5.74, 6) is 0.474. The molecule has 0 heterocycles. The van der Waals surface area contributed by atoms with Gasteiger partial charge in [-0.2, -0.15) is 0 Å².